The minimum Gasteiger partial charge on any atom is -0.481 e. The molecule has 1 amide bonds. The molecule has 0 aromatic carbocycles. The van der Waals surface area contributed by atoms with Crippen LogP contribution in [0, 0.1) is 5.92 Å². The Morgan fingerprint density at radius 3 is 2.82 bits per heavy atom. The lowest BCUT2D eigenvalue weighted by molar-refractivity contribution is -0.142. The summed E-state index contributed by atoms with van der Waals surface area (Å²) in [6.07, 6.45) is 4.95. The molecule has 6 nitrogen and oxygen atoms in total. The van der Waals surface area contributed by atoms with Gasteiger partial charge in [-0.15, -0.1) is 0 Å². The number of aliphatic carboxylic acids is 1. The lowest BCUT2D eigenvalue weighted by Crippen LogP contribution is -2.40. The zero-order valence-corrected chi connectivity index (χ0v) is 9.17. The normalized spacial score (nSPS) is 23.3. The Bertz CT molecular complexity index is 421. The van der Waals surface area contributed by atoms with Gasteiger partial charge in [0.05, 0.1) is 23.9 Å². The van der Waals surface area contributed by atoms with Crippen LogP contribution < -0.4 is 5.32 Å². The van der Waals surface area contributed by atoms with Crippen molar-refractivity contribution in [3.63, 3.8) is 0 Å². The third-order valence-electron chi connectivity index (χ3n) is 3.00. The number of nitrogens with zero attached hydrogens (tertiary/aromatic N) is 2. The van der Waals surface area contributed by atoms with E-state index in [9.17, 15) is 9.59 Å². The fourth-order valence-corrected chi connectivity index (χ4v) is 2.11. The van der Waals surface area contributed by atoms with Crippen molar-refractivity contribution in [1.29, 1.82) is 0 Å². The van der Waals surface area contributed by atoms with E-state index in [1.807, 2.05) is 0 Å². The van der Waals surface area contributed by atoms with Gasteiger partial charge in [-0.3, -0.25) is 9.59 Å². The number of rotatable bonds is 3. The highest BCUT2D eigenvalue weighted by Crippen LogP contribution is 2.25. The smallest absolute Gasteiger partial charge is 0.308 e. The Balaban J connectivity index is 2.02. The molecule has 2 N–H and O–H groups in total. The number of carbonyl (C=O) groups excluding carboxylic acids is 1. The van der Waals surface area contributed by atoms with Gasteiger partial charge in [-0.25, -0.2) is 0 Å². The molecular weight excluding hydrogens is 222 g/mol. The molecule has 1 saturated carbocycles. The summed E-state index contributed by atoms with van der Waals surface area (Å²) in [5.41, 5.74) is 0.399. The molecule has 1 fully saturated rings. The first-order chi connectivity index (χ1) is 8.18. The summed E-state index contributed by atoms with van der Waals surface area (Å²) in [4.78, 5) is 22.8. The molecule has 6 heteroatoms. The van der Waals surface area contributed by atoms with Crippen LogP contribution in [-0.2, 0) is 4.79 Å². The van der Waals surface area contributed by atoms with Crippen LogP contribution in [0.25, 0.3) is 0 Å². The van der Waals surface area contributed by atoms with Crippen molar-refractivity contribution in [1.82, 2.24) is 15.5 Å². The summed E-state index contributed by atoms with van der Waals surface area (Å²) < 4.78 is 0. The van der Waals surface area contributed by atoms with E-state index < -0.39 is 11.9 Å². The SMILES string of the molecule is O=C(N[C@H]1CCC[C@H]1C(=O)O)c1ccnnc1. The van der Waals surface area contributed by atoms with Gasteiger partial charge in [0, 0.05) is 6.04 Å². The Morgan fingerprint density at radius 1 is 1.35 bits per heavy atom. The van der Waals surface area contributed by atoms with E-state index in [-0.39, 0.29) is 11.9 Å². The summed E-state index contributed by atoms with van der Waals surface area (Å²) >= 11 is 0. The number of hydrogen-bond acceptors (Lipinski definition) is 4. The molecule has 2 atom stereocenters. The molecule has 1 aromatic rings. The predicted octanol–water partition coefficient (Wildman–Crippen LogP) is 0.460. The maximum absolute atomic E-state index is 11.8. The second-order valence-corrected chi connectivity index (χ2v) is 4.09. The van der Waals surface area contributed by atoms with Gasteiger partial charge in [-0.05, 0) is 18.9 Å². The fraction of sp³-hybridized carbons (Fsp3) is 0.455. The van der Waals surface area contributed by atoms with E-state index >= 15 is 0 Å². The molecule has 0 saturated heterocycles. The lowest BCUT2D eigenvalue weighted by Gasteiger charge is -2.17. The van der Waals surface area contributed by atoms with E-state index in [0.29, 0.717) is 18.4 Å². The summed E-state index contributed by atoms with van der Waals surface area (Å²) in [5, 5.41) is 18.9. The monoisotopic (exact) mass is 235 g/mol. The van der Waals surface area contributed by atoms with Gasteiger partial charge in [0.25, 0.3) is 5.91 Å². The molecule has 0 unspecified atom stereocenters. The number of amides is 1. The Kier molecular flexibility index (Phi) is 3.32. The van der Waals surface area contributed by atoms with Gasteiger partial charge in [0.1, 0.15) is 0 Å². The van der Waals surface area contributed by atoms with Gasteiger partial charge in [0.15, 0.2) is 0 Å². The number of hydrogen-bond donors (Lipinski definition) is 2. The molecule has 0 radical (unpaired) electrons. The topological polar surface area (TPSA) is 92.2 Å². The first-order valence-electron chi connectivity index (χ1n) is 5.49. The van der Waals surface area contributed by atoms with Crippen LogP contribution in [-0.4, -0.2) is 33.2 Å². The Morgan fingerprint density at radius 2 is 2.18 bits per heavy atom. The van der Waals surface area contributed by atoms with Gasteiger partial charge >= 0.3 is 5.97 Å². The van der Waals surface area contributed by atoms with E-state index in [1.165, 1.54) is 12.4 Å². The average Bonchev–Trinajstić information content (AvgIpc) is 2.78. The zero-order valence-electron chi connectivity index (χ0n) is 9.17. The highest BCUT2D eigenvalue weighted by molar-refractivity contribution is 5.94. The van der Waals surface area contributed by atoms with Crippen molar-refractivity contribution in [3.05, 3.63) is 24.0 Å². The van der Waals surface area contributed by atoms with Crippen LogP contribution >= 0.6 is 0 Å². The molecule has 17 heavy (non-hydrogen) atoms. The summed E-state index contributed by atoms with van der Waals surface area (Å²) in [6.45, 7) is 0. The van der Waals surface area contributed by atoms with E-state index in [4.69, 9.17) is 5.11 Å². The van der Waals surface area contributed by atoms with Crippen molar-refractivity contribution in [2.24, 2.45) is 5.92 Å². The largest absolute Gasteiger partial charge is 0.481 e. The average molecular weight is 235 g/mol. The molecular formula is C11H13N3O3. The van der Waals surface area contributed by atoms with Crippen molar-refractivity contribution in [2.45, 2.75) is 25.3 Å². The maximum Gasteiger partial charge on any atom is 0.308 e. The predicted molar refractivity (Wildman–Crippen MR) is 58.3 cm³/mol. The Labute approximate surface area is 98.1 Å². The second-order valence-electron chi connectivity index (χ2n) is 4.09. The molecule has 1 aromatic heterocycles. The van der Waals surface area contributed by atoms with Crippen molar-refractivity contribution in [2.75, 3.05) is 0 Å². The van der Waals surface area contributed by atoms with E-state index in [1.54, 1.807) is 6.07 Å². The second kappa shape index (κ2) is 4.90. The number of carbonyl (C=O) groups is 2. The fourth-order valence-electron chi connectivity index (χ4n) is 2.11. The molecule has 0 aliphatic heterocycles. The van der Waals surface area contributed by atoms with Crippen LogP contribution in [0.15, 0.2) is 18.5 Å². The van der Waals surface area contributed by atoms with Crippen molar-refractivity contribution in [3.8, 4) is 0 Å². The van der Waals surface area contributed by atoms with E-state index in [0.717, 1.165) is 6.42 Å². The number of nitrogens with one attached hydrogen (secondary N) is 1. The summed E-state index contributed by atoms with van der Waals surface area (Å²) in [7, 11) is 0. The highest BCUT2D eigenvalue weighted by atomic mass is 16.4. The minimum absolute atomic E-state index is 0.284. The molecule has 1 aliphatic carbocycles. The maximum atomic E-state index is 11.8. The van der Waals surface area contributed by atoms with Crippen LogP contribution in [0.3, 0.4) is 0 Å². The highest BCUT2D eigenvalue weighted by Gasteiger charge is 2.33. The summed E-state index contributed by atoms with van der Waals surface area (Å²) in [5.74, 6) is -1.62. The first kappa shape index (κ1) is 11.5. The lowest BCUT2D eigenvalue weighted by atomic mass is 10.0. The Hall–Kier alpha value is -1.98. The van der Waals surface area contributed by atoms with Gasteiger partial charge in [0.2, 0.25) is 0 Å². The molecule has 0 bridgehead atoms. The van der Waals surface area contributed by atoms with Crippen molar-refractivity contribution >= 4 is 11.9 Å². The quantitative estimate of drug-likeness (QED) is 0.794. The van der Waals surface area contributed by atoms with E-state index in [2.05, 4.69) is 15.5 Å². The van der Waals surface area contributed by atoms with Gasteiger partial charge in [-0.2, -0.15) is 10.2 Å². The van der Waals surface area contributed by atoms with Crippen LogP contribution in [0.4, 0.5) is 0 Å². The van der Waals surface area contributed by atoms with Gasteiger partial charge in [-0.1, -0.05) is 6.42 Å². The minimum atomic E-state index is -0.847. The van der Waals surface area contributed by atoms with Crippen LogP contribution in [0.1, 0.15) is 29.6 Å². The molecule has 90 valence electrons. The van der Waals surface area contributed by atoms with Crippen LogP contribution in [0.5, 0.6) is 0 Å². The molecule has 1 aliphatic rings. The number of aromatic nitrogens is 2. The molecule has 2 rings (SSSR count). The van der Waals surface area contributed by atoms with Gasteiger partial charge < -0.3 is 10.4 Å². The third kappa shape index (κ3) is 2.58. The van der Waals surface area contributed by atoms with Crippen LogP contribution in [0.2, 0.25) is 0 Å². The first-order valence-corrected chi connectivity index (χ1v) is 5.49. The standard InChI is InChI=1S/C11H13N3O3/c15-10(7-4-5-12-13-6-7)14-9-3-1-2-8(9)11(16)17/h4-6,8-9H,1-3H2,(H,14,15)(H,16,17)/t8-,9+/m1/s1. The van der Waals surface area contributed by atoms with Crippen molar-refractivity contribution < 1.29 is 14.7 Å². The zero-order chi connectivity index (χ0) is 12.3. The molecule has 0 spiro atoms. The number of carboxylic acid groups (broad SMARTS) is 1. The number of carboxylic acids is 1. The molecule has 1 heterocycles. The third-order valence-corrected chi connectivity index (χ3v) is 3.00. The summed E-state index contributed by atoms with van der Waals surface area (Å²) in [6, 6.07) is 1.26.